The van der Waals surface area contributed by atoms with Crippen LogP contribution < -0.4 is 24.3 Å². The maximum atomic E-state index is 14.5. The van der Waals surface area contributed by atoms with E-state index in [1.807, 2.05) is 33.8 Å². The van der Waals surface area contributed by atoms with Crippen molar-refractivity contribution in [1.29, 1.82) is 0 Å². The zero-order valence-electron chi connectivity index (χ0n) is 39.2. The zero-order valence-corrected chi connectivity index (χ0v) is 39.2. The molecule has 2 aliphatic carbocycles. The minimum absolute atomic E-state index is 0.00568. The van der Waals surface area contributed by atoms with Crippen molar-refractivity contribution in [3.63, 3.8) is 0 Å². The number of allylic oxidation sites excluding steroid dienone is 1. The van der Waals surface area contributed by atoms with Crippen LogP contribution in [0.25, 0.3) is 0 Å². The van der Waals surface area contributed by atoms with Crippen LogP contribution in [-0.4, -0.2) is 105 Å². The number of carbonyl (C=O) groups excluding carboxylic acids is 2. The van der Waals surface area contributed by atoms with E-state index in [0.29, 0.717) is 67.5 Å². The predicted octanol–water partition coefficient (Wildman–Crippen LogP) is 9.37. The second kappa shape index (κ2) is 23.1. The van der Waals surface area contributed by atoms with Gasteiger partial charge in [-0.25, -0.2) is 9.59 Å². The summed E-state index contributed by atoms with van der Waals surface area (Å²) < 4.78 is 43.3. The summed E-state index contributed by atoms with van der Waals surface area (Å²) in [7, 11) is 3.06. The van der Waals surface area contributed by atoms with Gasteiger partial charge in [0.15, 0.2) is 0 Å². The highest BCUT2D eigenvalue weighted by Crippen LogP contribution is 2.62. The van der Waals surface area contributed by atoms with Gasteiger partial charge in [-0.2, -0.15) is 0 Å². The van der Waals surface area contributed by atoms with E-state index < -0.39 is 36.2 Å². The molecule has 1 saturated carbocycles. The fourth-order valence-electron chi connectivity index (χ4n) is 9.75. The second-order valence-electron chi connectivity index (χ2n) is 18.6. The van der Waals surface area contributed by atoms with Crippen LogP contribution in [0.15, 0.2) is 65.9 Å². The number of hydrogen-bond acceptors (Lipinski definition) is 13. The molecule has 15 heteroatoms. The molecule has 1 unspecified atom stereocenters. The van der Waals surface area contributed by atoms with Crippen molar-refractivity contribution in [2.45, 2.75) is 122 Å². The lowest BCUT2D eigenvalue weighted by Crippen LogP contribution is -2.70. The largest absolute Gasteiger partial charge is 0.497 e. The first kappa shape index (κ1) is 49.6. The van der Waals surface area contributed by atoms with E-state index in [9.17, 15) is 19.8 Å². The van der Waals surface area contributed by atoms with Gasteiger partial charge in [0.2, 0.25) is 12.1 Å². The molecular formula is C50H71N3O12. The van der Waals surface area contributed by atoms with Gasteiger partial charge in [-0.1, -0.05) is 57.8 Å². The van der Waals surface area contributed by atoms with Gasteiger partial charge >= 0.3 is 12.2 Å². The average molecular weight is 906 g/mol. The lowest BCUT2D eigenvalue weighted by atomic mass is 9.55. The summed E-state index contributed by atoms with van der Waals surface area (Å²) in [6.07, 6.45) is 10.0. The summed E-state index contributed by atoms with van der Waals surface area (Å²) in [5.41, 5.74) is 2.47. The van der Waals surface area contributed by atoms with Gasteiger partial charge < -0.3 is 48.2 Å². The predicted molar refractivity (Wildman–Crippen MR) is 247 cm³/mol. The molecular weight excluding hydrogens is 835 g/mol. The van der Waals surface area contributed by atoms with E-state index in [-0.39, 0.29) is 61.8 Å². The summed E-state index contributed by atoms with van der Waals surface area (Å²) in [5.74, 6) is -0.601. The van der Waals surface area contributed by atoms with Crippen molar-refractivity contribution in [3.05, 3.63) is 66.3 Å². The standard InChI is InChI=1S/C50H71N3O12/c1-8-23-53(48(57)61-32-49(3,4)5)43-31-40(52-65-44-18-12-15-27-60-44)37-28-33(16-10-13-24-54)36(17-11-14-25-55)45-38-29-35(20-22-41(38)64-50(43,46(37)45)62-26-9-2)63-47(56)51-39-21-19-34(58-6)30-42(39)59-7/h9,19-22,28-30,33,36,43-46,54-55H,2,8,10-18,23-27,31-32H2,1,3-7H3,(H,51,56)/t33-,36+,43-,44?,45+,46+,50+/m0/s1. The number of oxime groups is 1. The third-order valence-corrected chi connectivity index (χ3v) is 12.6. The van der Waals surface area contributed by atoms with Crippen LogP contribution in [-0.2, 0) is 19.0 Å². The fraction of sp³-hybridized carbons (Fsp3) is 0.620. The molecule has 65 heavy (non-hydrogen) atoms. The minimum atomic E-state index is -1.47. The summed E-state index contributed by atoms with van der Waals surface area (Å²) in [5, 5.41) is 27.7. The number of amides is 2. The van der Waals surface area contributed by atoms with Crippen LogP contribution in [0.3, 0.4) is 0 Å². The Bertz CT molecular complexity index is 1980. The van der Waals surface area contributed by atoms with Crippen molar-refractivity contribution in [3.8, 4) is 23.0 Å². The Hall–Kier alpha value is -4.83. The summed E-state index contributed by atoms with van der Waals surface area (Å²) in [6.45, 7) is 13.5. The molecule has 0 aromatic heterocycles. The molecule has 2 heterocycles. The number of rotatable bonds is 21. The molecule has 0 bridgehead atoms. The lowest BCUT2D eigenvalue weighted by Gasteiger charge is -2.60. The van der Waals surface area contributed by atoms with Gasteiger partial charge in [-0.05, 0) is 98.1 Å². The molecule has 4 aliphatic rings. The first-order valence-corrected chi connectivity index (χ1v) is 23.4. The molecule has 6 rings (SSSR count). The molecule has 2 aliphatic heterocycles. The van der Waals surface area contributed by atoms with Gasteiger partial charge in [0.05, 0.1) is 51.4 Å². The van der Waals surface area contributed by atoms with E-state index in [4.69, 9.17) is 43.2 Å². The Balaban J connectivity index is 1.53. The number of nitrogens with zero attached hydrogens (tertiary/aromatic N) is 2. The molecule has 3 N–H and O–H groups in total. The summed E-state index contributed by atoms with van der Waals surface area (Å²) >= 11 is 0. The highest BCUT2D eigenvalue weighted by molar-refractivity contribution is 6.03. The fourth-order valence-corrected chi connectivity index (χ4v) is 9.75. The van der Waals surface area contributed by atoms with Crippen molar-refractivity contribution >= 4 is 23.6 Å². The Morgan fingerprint density at radius 3 is 2.46 bits per heavy atom. The van der Waals surface area contributed by atoms with Crippen molar-refractivity contribution in [2.24, 2.45) is 28.3 Å². The molecule has 0 radical (unpaired) electrons. The van der Waals surface area contributed by atoms with E-state index in [1.54, 1.807) is 48.4 Å². The molecule has 15 nitrogen and oxygen atoms in total. The lowest BCUT2D eigenvalue weighted by molar-refractivity contribution is -0.255. The number of hydrogen-bond donors (Lipinski definition) is 3. The molecule has 1 saturated heterocycles. The van der Waals surface area contributed by atoms with E-state index in [0.717, 1.165) is 49.7 Å². The number of ether oxygens (including phenoxy) is 7. The van der Waals surface area contributed by atoms with Crippen LogP contribution in [0.2, 0.25) is 0 Å². The van der Waals surface area contributed by atoms with Crippen LogP contribution in [0.4, 0.5) is 15.3 Å². The van der Waals surface area contributed by atoms with Crippen LogP contribution >= 0.6 is 0 Å². The zero-order chi connectivity index (χ0) is 46.6. The highest BCUT2D eigenvalue weighted by atomic mass is 16.8. The number of anilines is 1. The van der Waals surface area contributed by atoms with Crippen molar-refractivity contribution < 1.29 is 57.8 Å². The first-order valence-electron chi connectivity index (χ1n) is 23.4. The summed E-state index contributed by atoms with van der Waals surface area (Å²) in [6, 6.07) is 9.67. The van der Waals surface area contributed by atoms with E-state index in [2.05, 4.69) is 18.0 Å². The number of nitrogens with one attached hydrogen (secondary N) is 1. The van der Waals surface area contributed by atoms with Gasteiger partial charge in [0.1, 0.15) is 29.0 Å². The maximum absolute atomic E-state index is 14.5. The Kier molecular flexibility index (Phi) is 17.6. The molecule has 358 valence electrons. The van der Waals surface area contributed by atoms with Gasteiger partial charge in [0.25, 0.3) is 0 Å². The van der Waals surface area contributed by atoms with Crippen LogP contribution in [0.5, 0.6) is 23.0 Å². The third kappa shape index (κ3) is 12.0. The minimum Gasteiger partial charge on any atom is -0.497 e. The second-order valence-corrected chi connectivity index (χ2v) is 18.6. The number of aliphatic hydroxyl groups excluding tert-OH is 2. The number of benzene rings is 2. The van der Waals surface area contributed by atoms with Gasteiger partial charge in [-0.3, -0.25) is 10.2 Å². The molecule has 0 spiro atoms. The van der Waals surface area contributed by atoms with Gasteiger partial charge in [0, 0.05) is 50.1 Å². The van der Waals surface area contributed by atoms with Gasteiger partial charge in [-0.15, -0.1) is 6.58 Å². The Morgan fingerprint density at radius 1 is 1.02 bits per heavy atom. The number of methoxy groups -OCH3 is 2. The first-order chi connectivity index (χ1) is 31.4. The van der Waals surface area contributed by atoms with E-state index in [1.165, 1.54) is 7.11 Å². The molecule has 2 aromatic carbocycles. The Labute approximate surface area is 384 Å². The Morgan fingerprint density at radius 2 is 1.78 bits per heavy atom. The maximum Gasteiger partial charge on any atom is 0.417 e. The van der Waals surface area contributed by atoms with Crippen molar-refractivity contribution in [1.82, 2.24) is 4.90 Å². The number of unbranched alkanes of at least 4 members (excludes halogenated alkanes) is 2. The normalized spacial score (nSPS) is 25.2. The smallest absolute Gasteiger partial charge is 0.417 e. The number of aliphatic hydroxyl groups is 2. The SMILES string of the molecule is C=CCO[C@@]12Oc3ccc(OC(=O)Nc4ccc(OC)cc4OC)cc3[C@H]3[C@H](CCCCO)[C@@H](CCCCO)C=C(C(=NOC4CCCCO4)C[C@@H]1N(CCC)C(=O)OCC(C)(C)C)[C@H]32. The van der Waals surface area contributed by atoms with Crippen molar-refractivity contribution in [2.75, 3.05) is 59.1 Å². The third-order valence-electron chi connectivity index (χ3n) is 12.6. The molecule has 2 amide bonds. The highest BCUT2D eigenvalue weighted by Gasteiger charge is 2.65. The quantitative estimate of drug-likeness (QED) is 0.0616. The molecule has 2 fully saturated rings. The van der Waals surface area contributed by atoms with E-state index >= 15 is 0 Å². The number of carbonyl (C=O) groups is 2. The topological polar surface area (TPSA) is 176 Å². The molecule has 7 atom stereocenters. The molecule has 2 aromatic rings. The average Bonchev–Trinajstić information content (AvgIpc) is 3.30. The monoisotopic (exact) mass is 906 g/mol. The number of fused-ring (bicyclic) bond motifs is 2. The summed E-state index contributed by atoms with van der Waals surface area (Å²) in [4.78, 5) is 36.1. The van der Waals surface area contributed by atoms with Crippen LogP contribution in [0.1, 0.15) is 110 Å². The van der Waals surface area contributed by atoms with Crippen LogP contribution in [0, 0.1) is 23.2 Å².